The normalized spacial score (nSPS) is 11.3. The second-order valence-electron chi connectivity index (χ2n) is 6.83. The predicted octanol–water partition coefficient (Wildman–Crippen LogP) is 0.760. The fourth-order valence-electron chi connectivity index (χ4n) is 2.25. The van der Waals surface area contributed by atoms with Gasteiger partial charge in [-0.15, -0.1) is 0 Å². The van der Waals surface area contributed by atoms with E-state index in [0.717, 1.165) is 11.0 Å². The Morgan fingerprint density at radius 1 is 0.417 bits per heavy atom. The molecule has 0 N–H and O–H groups in total. The summed E-state index contributed by atoms with van der Waals surface area (Å²) in [4.78, 5) is 10.8. The molecule has 0 atom stereocenters. The Labute approximate surface area is 228 Å². The SMILES string of the molecule is COC(=O)COCCOCCOCCOCCOCCOCCOCCOCCOCCOCCI. The Bertz CT molecular complexity index is 434. The Morgan fingerprint density at radius 2 is 0.639 bits per heavy atom. The Kier molecular flexibility index (Phi) is 32.6. The predicted molar refractivity (Wildman–Crippen MR) is 139 cm³/mol. The molecule has 0 aromatic rings. The molecule has 0 amide bonds. The zero-order chi connectivity index (χ0) is 26.2. The molecule has 0 aliphatic rings. The number of carbonyl (C=O) groups excluding carboxylic acids is 1. The third-order valence-corrected chi connectivity index (χ3v) is 4.46. The van der Waals surface area contributed by atoms with E-state index in [1.54, 1.807) is 0 Å². The van der Waals surface area contributed by atoms with E-state index in [4.69, 9.17) is 47.4 Å². The highest BCUT2D eigenvalue weighted by Gasteiger charge is 1.99. The smallest absolute Gasteiger partial charge is 0.331 e. The molecule has 0 aliphatic carbocycles. The maximum Gasteiger partial charge on any atom is 0.331 e. The van der Waals surface area contributed by atoms with Crippen molar-refractivity contribution < 1.29 is 56.9 Å². The summed E-state index contributed by atoms with van der Waals surface area (Å²) in [6.07, 6.45) is 0. The topological polar surface area (TPSA) is 119 Å². The number of ether oxygens (including phenoxy) is 11. The van der Waals surface area contributed by atoms with Crippen molar-refractivity contribution in [1.29, 1.82) is 0 Å². The van der Waals surface area contributed by atoms with Crippen LogP contribution in [0.15, 0.2) is 0 Å². The van der Waals surface area contributed by atoms with Gasteiger partial charge in [-0.25, -0.2) is 4.79 Å². The van der Waals surface area contributed by atoms with Crippen molar-refractivity contribution in [3.63, 3.8) is 0 Å². The lowest BCUT2D eigenvalue weighted by Crippen LogP contribution is -2.16. The van der Waals surface area contributed by atoms with Gasteiger partial charge in [0.05, 0.1) is 133 Å². The van der Waals surface area contributed by atoms with Crippen LogP contribution in [0.2, 0.25) is 0 Å². The number of hydrogen-bond acceptors (Lipinski definition) is 12. The van der Waals surface area contributed by atoms with Crippen LogP contribution in [0.1, 0.15) is 0 Å². The van der Waals surface area contributed by atoms with E-state index in [9.17, 15) is 4.79 Å². The quantitative estimate of drug-likeness (QED) is 0.0461. The number of methoxy groups -OCH3 is 1. The molecular formula is C23H45IO12. The van der Waals surface area contributed by atoms with Gasteiger partial charge >= 0.3 is 5.97 Å². The van der Waals surface area contributed by atoms with E-state index in [0.29, 0.717) is 119 Å². The van der Waals surface area contributed by atoms with Crippen LogP contribution < -0.4 is 0 Å². The fourth-order valence-corrected chi connectivity index (χ4v) is 2.56. The average Bonchev–Trinajstić information content (AvgIpc) is 2.89. The van der Waals surface area contributed by atoms with Gasteiger partial charge in [0, 0.05) is 4.43 Å². The molecule has 0 saturated heterocycles. The lowest BCUT2D eigenvalue weighted by atomic mass is 10.6. The summed E-state index contributed by atoms with van der Waals surface area (Å²) >= 11 is 2.27. The van der Waals surface area contributed by atoms with Gasteiger partial charge < -0.3 is 52.1 Å². The van der Waals surface area contributed by atoms with Crippen molar-refractivity contribution in [2.75, 3.05) is 144 Å². The molecule has 0 aromatic heterocycles. The van der Waals surface area contributed by atoms with Gasteiger partial charge in [0.15, 0.2) is 0 Å². The summed E-state index contributed by atoms with van der Waals surface area (Å²) in [5.41, 5.74) is 0. The first-order chi connectivity index (χ1) is 17.8. The highest BCUT2D eigenvalue weighted by Crippen LogP contribution is 1.87. The van der Waals surface area contributed by atoms with Crippen molar-refractivity contribution in [3.8, 4) is 0 Å². The molecule has 0 rings (SSSR count). The van der Waals surface area contributed by atoms with Gasteiger partial charge in [-0.3, -0.25) is 0 Å². The molecule has 0 spiro atoms. The van der Waals surface area contributed by atoms with Crippen molar-refractivity contribution >= 4 is 28.6 Å². The number of alkyl halides is 1. The maximum absolute atomic E-state index is 10.8. The maximum atomic E-state index is 10.8. The third kappa shape index (κ3) is 31.8. The molecule has 216 valence electrons. The molecule has 0 aliphatic heterocycles. The monoisotopic (exact) mass is 640 g/mol. The minimum Gasteiger partial charge on any atom is -0.467 e. The number of carbonyl (C=O) groups is 1. The van der Waals surface area contributed by atoms with E-state index in [2.05, 4.69) is 27.3 Å². The van der Waals surface area contributed by atoms with Gasteiger partial charge in [0.2, 0.25) is 0 Å². The summed E-state index contributed by atoms with van der Waals surface area (Å²) < 4.78 is 59.0. The highest BCUT2D eigenvalue weighted by atomic mass is 127. The van der Waals surface area contributed by atoms with Crippen LogP contribution in [-0.4, -0.2) is 150 Å². The van der Waals surface area contributed by atoms with Crippen LogP contribution in [0.4, 0.5) is 0 Å². The molecule has 0 aromatic carbocycles. The second kappa shape index (κ2) is 32.8. The number of halogens is 1. The highest BCUT2D eigenvalue weighted by molar-refractivity contribution is 14.1. The fraction of sp³-hybridized carbons (Fsp3) is 0.957. The molecule has 0 radical (unpaired) electrons. The van der Waals surface area contributed by atoms with Crippen LogP contribution in [0.5, 0.6) is 0 Å². The zero-order valence-electron chi connectivity index (χ0n) is 21.6. The van der Waals surface area contributed by atoms with Gasteiger partial charge in [0.25, 0.3) is 0 Å². The largest absolute Gasteiger partial charge is 0.467 e. The molecule has 12 nitrogen and oxygen atoms in total. The van der Waals surface area contributed by atoms with E-state index >= 15 is 0 Å². The number of rotatable bonds is 31. The van der Waals surface area contributed by atoms with Crippen LogP contribution in [-0.2, 0) is 56.9 Å². The summed E-state index contributed by atoms with van der Waals surface area (Å²) in [5.74, 6) is -0.404. The first kappa shape index (κ1) is 35.8. The van der Waals surface area contributed by atoms with E-state index < -0.39 is 5.97 Å². The first-order valence-electron chi connectivity index (χ1n) is 12.2. The molecule has 0 bridgehead atoms. The minimum atomic E-state index is -0.404. The Morgan fingerprint density at radius 3 is 0.861 bits per heavy atom. The van der Waals surface area contributed by atoms with Crippen molar-refractivity contribution in [3.05, 3.63) is 0 Å². The van der Waals surface area contributed by atoms with Gasteiger partial charge in [-0.2, -0.15) is 0 Å². The van der Waals surface area contributed by atoms with Crippen molar-refractivity contribution in [2.24, 2.45) is 0 Å². The third-order valence-electron chi connectivity index (χ3n) is 4.02. The summed E-state index contributed by atoms with van der Waals surface area (Å²) in [6, 6.07) is 0. The summed E-state index contributed by atoms with van der Waals surface area (Å²) in [5, 5.41) is 0. The lowest BCUT2D eigenvalue weighted by molar-refractivity contribution is -0.146. The Hall–Kier alpha value is -0.200. The molecule has 0 saturated carbocycles. The molecule has 36 heavy (non-hydrogen) atoms. The number of hydrogen-bond donors (Lipinski definition) is 0. The summed E-state index contributed by atoms with van der Waals surface area (Å²) in [7, 11) is 1.32. The van der Waals surface area contributed by atoms with Gasteiger partial charge in [-0.05, 0) is 0 Å². The number of esters is 1. The molecule has 0 heterocycles. The molecular weight excluding hydrogens is 595 g/mol. The summed E-state index contributed by atoms with van der Waals surface area (Å²) in [6.45, 7) is 9.76. The zero-order valence-corrected chi connectivity index (χ0v) is 23.8. The molecule has 13 heteroatoms. The molecule has 0 unspecified atom stereocenters. The Balaban J connectivity index is 3.03. The van der Waals surface area contributed by atoms with Crippen LogP contribution in [0, 0.1) is 0 Å². The van der Waals surface area contributed by atoms with E-state index in [-0.39, 0.29) is 6.61 Å². The minimum absolute atomic E-state index is 0.0659. The van der Waals surface area contributed by atoms with Crippen LogP contribution >= 0.6 is 22.6 Å². The van der Waals surface area contributed by atoms with Crippen molar-refractivity contribution in [1.82, 2.24) is 0 Å². The van der Waals surface area contributed by atoms with Gasteiger partial charge in [-0.1, -0.05) is 22.6 Å². The lowest BCUT2D eigenvalue weighted by Gasteiger charge is -2.09. The van der Waals surface area contributed by atoms with Crippen LogP contribution in [0.3, 0.4) is 0 Å². The average molecular weight is 641 g/mol. The molecule has 0 fully saturated rings. The van der Waals surface area contributed by atoms with Crippen molar-refractivity contribution in [2.45, 2.75) is 0 Å². The second-order valence-corrected chi connectivity index (χ2v) is 7.91. The van der Waals surface area contributed by atoms with Crippen LogP contribution in [0.25, 0.3) is 0 Å². The van der Waals surface area contributed by atoms with E-state index in [1.807, 2.05) is 0 Å². The first-order valence-corrected chi connectivity index (χ1v) is 13.7. The standard InChI is InChI=1S/C23H45IO12/c1-26-23(25)22-36-21-20-35-19-18-34-17-16-33-15-14-32-13-12-31-11-10-30-9-8-29-7-6-28-5-4-27-3-2-24/h2-22H2,1H3. The van der Waals surface area contributed by atoms with E-state index in [1.165, 1.54) is 7.11 Å². The van der Waals surface area contributed by atoms with Gasteiger partial charge in [0.1, 0.15) is 6.61 Å².